The number of rotatable bonds is 5. The number of nitrogens with zero attached hydrogens (tertiary/aromatic N) is 4. The van der Waals surface area contributed by atoms with Crippen molar-refractivity contribution in [2.24, 2.45) is 0 Å². The topological polar surface area (TPSA) is 61.4 Å². The Kier molecular flexibility index (Phi) is 6.16. The predicted octanol–water partition coefficient (Wildman–Crippen LogP) is 4.99. The summed E-state index contributed by atoms with van der Waals surface area (Å²) in [6.07, 6.45) is 1.52. The first kappa shape index (κ1) is 21.6. The second kappa shape index (κ2) is 9.70. The first-order chi connectivity index (χ1) is 16.7. The molecule has 1 aliphatic rings. The van der Waals surface area contributed by atoms with E-state index in [0.29, 0.717) is 31.7 Å². The molecule has 1 amide bonds. The molecule has 1 fully saturated rings. The maximum absolute atomic E-state index is 13.3. The average molecular weight is 454 g/mol. The minimum absolute atomic E-state index is 0.00775. The van der Waals surface area contributed by atoms with Crippen molar-refractivity contribution in [3.05, 3.63) is 103 Å². The van der Waals surface area contributed by atoms with E-state index < -0.39 is 0 Å². The van der Waals surface area contributed by atoms with Crippen molar-refractivity contribution in [1.29, 1.82) is 0 Å². The molecule has 0 bridgehead atoms. The SMILES string of the molecule is O=C(c1ccccc1Nc1ccccc1)N1CCN(c2cc(-c3ccc(F)cc3)ncn2)CC1. The van der Waals surface area contributed by atoms with E-state index >= 15 is 0 Å². The molecule has 7 heteroatoms. The van der Waals surface area contributed by atoms with E-state index in [1.54, 1.807) is 12.1 Å². The summed E-state index contributed by atoms with van der Waals surface area (Å²) in [5.74, 6) is 0.528. The molecule has 0 radical (unpaired) electrons. The molecule has 1 N–H and O–H groups in total. The van der Waals surface area contributed by atoms with E-state index in [1.807, 2.05) is 65.6 Å². The molecule has 1 aliphatic heterocycles. The van der Waals surface area contributed by atoms with Gasteiger partial charge in [-0.1, -0.05) is 30.3 Å². The van der Waals surface area contributed by atoms with Crippen LogP contribution in [0, 0.1) is 5.82 Å². The van der Waals surface area contributed by atoms with Crippen molar-refractivity contribution in [1.82, 2.24) is 14.9 Å². The van der Waals surface area contributed by atoms with Crippen LogP contribution in [0.15, 0.2) is 91.3 Å². The lowest BCUT2D eigenvalue weighted by atomic mass is 10.1. The highest BCUT2D eigenvalue weighted by Crippen LogP contribution is 2.25. The van der Waals surface area contributed by atoms with Gasteiger partial charge in [-0.05, 0) is 48.5 Å². The summed E-state index contributed by atoms with van der Waals surface area (Å²) in [5, 5.41) is 3.35. The molecule has 3 aromatic carbocycles. The summed E-state index contributed by atoms with van der Waals surface area (Å²) < 4.78 is 13.3. The summed E-state index contributed by atoms with van der Waals surface area (Å²) in [7, 11) is 0. The number of nitrogens with one attached hydrogen (secondary N) is 1. The zero-order valence-corrected chi connectivity index (χ0v) is 18.6. The van der Waals surface area contributed by atoms with Gasteiger partial charge in [-0.2, -0.15) is 0 Å². The van der Waals surface area contributed by atoms with Crippen LogP contribution >= 0.6 is 0 Å². The largest absolute Gasteiger partial charge is 0.355 e. The molecule has 6 nitrogen and oxygen atoms in total. The van der Waals surface area contributed by atoms with Gasteiger partial charge < -0.3 is 15.1 Å². The number of piperazine rings is 1. The number of hydrogen-bond acceptors (Lipinski definition) is 5. The smallest absolute Gasteiger partial charge is 0.256 e. The molecule has 2 heterocycles. The van der Waals surface area contributed by atoms with Crippen LogP contribution in [0.25, 0.3) is 11.3 Å². The van der Waals surface area contributed by atoms with Crippen LogP contribution in [0.3, 0.4) is 0 Å². The molecule has 34 heavy (non-hydrogen) atoms. The van der Waals surface area contributed by atoms with Crippen LogP contribution in [0.1, 0.15) is 10.4 Å². The quantitative estimate of drug-likeness (QED) is 0.461. The number of hydrogen-bond donors (Lipinski definition) is 1. The highest BCUT2D eigenvalue weighted by Gasteiger charge is 2.24. The number of carbonyl (C=O) groups excluding carboxylic acids is 1. The normalized spacial score (nSPS) is 13.6. The van der Waals surface area contributed by atoms with E-state index in [2.05, 4.69) is 20.2 Å². The molecule has 1 saturated heterocycles. The van der Waals surface area contributed by atoms with Gasteiger partial charge in [-0.3, -0.25) is 4.79 Å². The van der Waals surface area contributed by atoms with Crippen molar-refractivity contribution in [3.63, 3.8) is 0 Å². The Labute approximate surface area is 197 Å². The van der Waals surface area contributed by atoms with Crippen molar-refractivity contribution in [3.8, 4) is 11.3 Å². The highest BCUT2D eigenvalue weighted by atomic mass is 19.1. The Balaban J connectivity index is 1.27. The standard InChI is InChI=1S/C27H24FN5O/c28-21-12-10-20(11-13-21)25-18-26(30-19-29-25)32-14-16-33(17-15-32)27(34)23-8-4-5-9-24(23)31-22-6-2-1-3-7-22/h1-13,18-19,31H,14-17H2. The minimum Gasteiger partial charge on any atom is -0.355 e. The molecule has 170 valence electrons. The van der Waals surface area contributed by atoms with Crippen molar-refractivity contribution in [2.45, 2.75) is 0 Å². The maximum atomic E-state index is 13.3. The van der Waals surface area contributed by atoms with Gasteiger partial charge >= 0.3 is 0 Å². The number of anilines is 3. The highest BCUT2D eigenvalue weighted by molar-refractivity contribution is 6.00. The van der Waals surface area contributed by atoms with E-state index in [1.165, 1.54) is 18.5 Å². The van der Waals surface area contributed by atoms with Crippen molar-refractivity contribution >= 4 is 23.1 Å². The van der Waals surface area contributed by atoms with Gasteiger partial charge in [-0.25, -0.2) is 14.4 Å². The third-order valence-electron chi connectivity index (χ3n) is 5.89. The van der Waals surface area contributed by atoms with Crippen LogP contribution in [-0.2, 0) is 0 Å². The summed E-state index contributed by atoms with van der Waals surface area (Å²) in [6, 6.07) is 25.6. The molecule has 1 aromatic heterocycles. The molecule has 0 atom stereocenters. The third-order valence-corrected chi connectivity index (χ3v) is 5.89. The second-order valence-electron chi connectivity index (χ2n) is 8.08. The summed E-state index contributed by atoms with van der Waals surface area (Å²) in [5.41, 5.74) is 3.96. The second-order valence-corrected chi connectivity index (χ2v) is 8.08. The van der Waals surface area contributed by atoms with Gasteiger partial charge in [0.15, 0.2) is 0 Å². The van der Waals surface area contributed by atoms with E-state index in [9.17, 15) is 9.18 Å². The van der Waals surface area contributed by atoms with E-state index in [0.717, 1.165) is 28.5 Å². The molecule has 5 rings (SSSR count). The summed E-state index contributed by atoms with van der Waals surface area (Å²) in [4.78, 5) is 26.1. The Bertz CT molecular complexity index is 1270. The third kappa shape index (κ3) is 4.73. The molecular formula is C27H24FN5O. The molecule has 0 unspecified atom stereocenters. The van der Waals surface area contributed by atoms with Gasteiger partial charge in [-0.15, -0.1) is 0 Å². The van der Waals surface area contributed by atoms with Gasteiger partial charge in [0.05, 0.1) is 16.9 Å². The maximum Gasteiger partial charge on any atom is 0.256 e. The lowest BCUT2D eigenvalue weighted by Crippen LogP contribution is -2.49. The van der Waals surface area contributed by atoms with Crippen molar-refractivity contribution in [2.75, 3.05) is 36.4 Å². The van der Waals surface area contributed by atoms with Crippen LogP contribution in [-0.4, -0.2) is 47.0 Å². The average Bonchev–Trinajstić information content (AvgIpc) is 2.90. The lowest BCUT2D eigenvalue weighted by Gasteiger charge is -2.35. The van der Waals surface area contributed by atoms with Gasteiger partial charge in [0, 0.05) is 43.5 Å². The van der Waals surface area contributed by atoms with Crippen LogP contribution in [0.2, 0.25) is 0 Å². The Morgan fingerprint density at radius 2 is 1.53 bits per heavy atom. The monoisotopic (exact) mass is 453 g/mol. The Hall–Kier alpha value is -4.26. The number of carbonyl (C=O) groups is 1. The molecular weight excluding hydrogens is 429 g/mol. The predicted molar refractivity (Wildman–Crippen MR) is 132 cm³/mol. The zero-order chi connectivity index (χ0) is 23.3. The fraction of sp³-hybridized carbons (Fsp3) is 0.148. The summed E-state index contributed by atoms with van der Waals surface area (Å²) >= 11 is 0. The fourth-order valence-corrected chi connectivity index (χ4v) is 4.06. The van der Waals surface area contributed by atoms with Crippen LogP contribution in [0.4, 0.5) is 21.6 Å². The molecule has 0 aliphatic carbocycles. The fourth-order valence-electron chi connectivity index (χ4n) is 4.06. The lowest BCUT2D eigenvalue weighted by molar-refractivity contribution is 0.0747. The Morgan fingerprint density at radius 1 is 0.824 bits per heavy atom. The van der Waals surface area contributed by atoms with Crippen LogP contribution < -0.4 is 10.2 Å². The van der Waals surface area contributed by atoms with Crippen LogP contribution in [0.5, 0.6) is 0 Å². The van der Waals surface area contributed by atoms with Gasteiger partial charge in [0.25, 0.3) is 5.91 Å². The number of aromatic nitrogens is 2. The number of amides is 1. The van der Waals surface area contributed by atoms with Crippen molar-refractivity contribution < 1.29 is 9.18 Å². The number of halogens is 1. The van der Waals surface area contributed by atoms with E-state index in [-0.39, 0.29) is 11.7 Å². The number of benzene rings is 3. The molecule has 0 saturated carbocycles. The zero-order valence-electron chi connectivity index (χ0n) is 18.6. The first-order valence-electron chi connectivity index (χ1n) is 11.2. The van der Waals surface area contributed by atoms with Gasteiger partial charge in [0.2, 0.25) is 0 Å². The molecule has 4 aromatic rings. The summed E-state index contributed by atoms with van der Waals surface area (Å²) in [6.45, 7) is 2.52. The Morgan fingerprint density at radius 3 is 2.29 bits per heavy atom. The van der Waals surface area contributed by atoms with E-state index in [4.69, 9.17) is 0 Å². The molecule has 0 spiro atoms. The number of para-hydroxylation sites is 2. The minimum atomic E-state index is -0.278. The van der Waals surface area contributed by atoms with Gasteiger partial charge in [0.1, 0.15) is 18.0 Å². The first-order valence-corrected chi connectivity index (χ1v) is 11.2.